The van der Waals surface area contributed by atoms with E-state index in [0.29, 0.717) is 20.6 Å². The second-order valence-electron chi connectivity index (χ2n) is 7.85. The summed E-state index contributed by atoms with van der Waals surface area (Å²) in [6, 6.07) is 17.8. The molecular weight excluding hydrogens is 545 g/mol. The Balaban J connectivity index is 2.02. The van der Waals surface area contributed by atoms with Crippen molar-refractivity contribution < 1.29 is 18.0 Å². The molecular formula is C25H24Cl3N3O4S. The zero-order valence-electron chi connectivity index (χ0n) is 19.5. The van der Waals surface area contributed by atoms with Gasteiger partial charge in [0.05, 0.1) is 10.6 Å². The number of amides is 2. The van der Waals surface area contributed by atoms with Gasteiger partial charge in [0.1, 0.15) is 12.6 Å². The van der Waals surface area contributed by atoms with Crippen molar-refractivity contribution in [3.05, 3.63) is 93.4 Å². The number of hydrogen-bond donors (Lipinski definition) is 1. The molecule has 3 rings (SSSR count). The molecule has 0 aliphatic carbocycles. The van der Waals surface area contributed by atoms with Crippen molar-refractivity contribution in [2.45, 2.75) is 24.4 Å². The number of halogens is 3. The number of likely N-dealkylation sites (N-methyl/N-ethyl adjacent to an activating group) is 1. The molecule has 0 aliphatic rings. The summed E-state index contributed by atoms with van der Waals surface area (Å²) in [5, 5.41) is 3.64. The summed E-state index contributed by atoms with van der Waals surface area (Å²) >= 11 is 18.3. The molecule has 1 N–H and O–H groups in total. The Morgan fingerprint density at radius 1 is 0.917 bits per heavy atom. The first-order chi connectivity index (χ1) is 17.0. The normalized spacial score (nSPS) is 12.0. The maximum atomic E-state index is 13.7. The fourth-order valence-corrected chi connectivity index (χ4v) is 5.49. The van der Waals surface area contributed by atoms with Gasteiger partial charge in [-0.2, -0.15) is 0 Å². The number of sulfonamides is 1. The van der Waals surface area contributed by atoms with Crippen LogP contribution in [0.15, 0.2) is 77.7 Å². The lowest BCUT2D eigenvalue weighted by molar-refractivity contribution is -0.139. The van der Waals surface area contributed by atoms with E-state index in [1.54, 1.807) is 49.4 Å². The summed E-state index contributed by atoms with van der Waals surface area (Å²) in [7, 11) is -2.70. The van der Waals surface area contributed by atoms with Gasteiger partial charge in [-0.1, -0.05) is 59.1 Å². The monoisotopic (exact) mass is 567 g/mol. The Bertz CT molecular complexity index is 1340. The number of benzene rings is 3. The molecule has 190 valence electrons. The van der Waals surface area contributed by atoms with Crippen molar-refractivity contribution in [2.24, 2.45) is 0 Å². The minimum absolute atomic E-state index is 0.0322. The van der Waals surface area contributed by atoms with Gasteiger partial charge < -0.3 is 10.2 Å². The van der Waals surface area contributed by atoms with Crippen molar-refractivity contribution in [2.75, 3.05) is 17.9 Å². The molecule has 0 bridgehead atoms. The van der Waals surface area contributed by atoms with Crippen LogP contribution in [0.2, 0.25) is 15.1 Å². The lowest BCUT2D eigenvalue weighted by atomic mass is 10.1. The molecule has 0 radical (unpaired) electrons. The minimum atomic E-state index is -4.15. The molecule has 0 heterocycles. The third kappa shape index (κ3) is 6.50. The predicted molar refractivity (Wildman–Crippen MR) is 143 cm³/mol. The van der Waals surface area contributed by atoms with Gasteiger partial charge in [0.15, 0.2) is 0 Å². The summed E-state index contributed by atoms with van der Waals surface area (Å²) in [6.07, 6.45) is 0. The predicted octanol–water partition coefficient (Wildman–Crippen LogP) is 5.01. The van der Waals surface area contributed by atoms with Gasteiger partial charge in [-0.25, -0.2) is 8.42 Å². The highest BCUT2D eigenvalue weighted by Crippen LogP contribution is 2.27. The Morgan fingerprint density at radius 3 is 2.11 bits per heavy atom. The third-order valence-corrected chi connectivity index (χ3v) is 8.12. The highest BCUT2D eigenvalue weighted by molar-refractivity contribution is 7.92. The van der Waals surface area contributed by atoms with E-state index >= 15 is 0 Å². The van der Waals surface area contributed by atoms with Crippen LogP contribution in [-0.4, -0.2) is 44.8 Å². The van der Waals surface area contributed by atoms with Crippen molar-refractivity contribution in [3.63, 3.8) is 0 Å². The van der Waals surface area contributed by atoms with Gasteiger partial charge in [0.2, 0.25) is 11.8 Å². The van der Waals surface area contributed by atoms with Gasteiger partial charge in [0.25, 0.3) is 10.0 Å². The van der Waals surface area contributed by atoms with Gasteiger partial charge in [-0.05, 0) is 61.0 Å². The maximum Gasteiger partial charge on any atom is 0.264 e. The average molecular weight is 569 g/mol. The van der Waals surface area contributed by atoms with Crippen LogP contribution in [0, 0.1) is 0 Å². The van der Waals surface area contributed by atoms with E-state index in [4.69, 9.17) is 34.8 Å². The summed E-state index contributed by atoms with van der Waals surface area (Å²) in [6.45, 7) is 0.968. The molecule has 3 aromatic rings. The molecule has 0 saturated heterocycles. The fraction of sp³-hybridized carbons (Fsp3) is 0.200. The molecule has 3 aromatic carbocycles. The summed E-state index contributed by atoms with van der Waals surface area (Å²) in [4.78, 5) is 27.4. The van der Waals surface area contributed by atoms with Gasteiger partial charge in [-0.15, -0.1) is 0 Å². The van der Waals surface area contributed by atoms with E-state index in [-0.39, 0.29) is 17.1 Å². The first-order valence-corrected chi connectivity index (χ1v) is 13.4. The van der Waals surface area contributed by atoms with Crippen LogP contribution in [0.25, 0.3) is 0 Å². The number of rotatable bonds is 9. The van der Waals surface area contributed by atoms with Crippen molar-refractivity contribution in [3.8, 4) is 0 Å². The SMILES string of the molecule is CNC(=O)[C@H](C)N(Cc1ccc(Cl)cc1Cl)C(=O)CN(c1ccccc1)S(=O)(=O)c1ccc(Cl)cc1. The Kier molecular flexibility index (Phi) is 9.24. The maximum absolute atomic E-state index is 13.7. The zero-order chi connectivity index (χ0) is 26.5. The van der Waals surface area contributed by atoms with Crippen LogP contribution < -0.4 is 9.62 Å². The Morgan fingerprint density at radius 2 is 1.53 bits per heavy atom. The summed E-state index contributed by atoms with van der Waals surface area (Å²) < 4.78 is 28.2. The van der Waals surface area contributed by atoms with Gasteiger partial charge >= 0.3 is 0 Å². The molecule has 36 heavy (non-hydrogen) atoms. The lowest BCUT2D eigenvalue weighted by Gasteiger charge is -2.32. The van der Waals surface area contributed by atoms with Crippen LogP contribution >= 0.6 is 34.8 Å². The number of carbonyl (C=O) groups excluding carboxylic acids is 2. The fourth-order valence-electron chi connectivity index (χ4n) is 3.48. The number of nitrogens with zero attached hydrogens (tertiary/aromatic N) is 2. The molecule has 0 spiro atoms. The van der Waals surface area contributed by atoms with Crippen LogP contribution in [-0.2, 0) is 26.2 Å². The first kappa shape index (κ1) is 27.8. The molecule has 0 saturated carbocycles. The smallest absolute Gasteiger partial charge is 0.264 e. The minimum Gasteiger partial charge on any atom is -0.357 e. The van der Waals surface area contributed by atoms with Crippen molar-refractivity contribution in [1.82, 2.24) is 10.2 Å². The number of hydrogen-bond acceptors (Lipinski definition) is 4. The van der Waals surface area contributed by atoms with Crippen LogP contribution in [0.5, 0.6) is 0 Å². The van der Waals surface area contributed by atoms with Crippen LogP contribution in [0.1, 0.15) is 12.5 Å². The number of nitrogens with one attached hydrogen (secondary N) is 1. The number of anilines is 1. The van der Waals surface area contributed by atoms with Gasteiger partial charge in [0, 0.05) is 28.7 Å². The topological polar surface area (TPSA) is 86.8 Å². The summed E-state index contributed by atoms with van der Waals surface area (Å²) in [5.74, 6) is -1.02. The molecule has 0 aliphatic heterocycles. The molecule has 0 unspecified atom stereocenters. The average Bonchev–Trinajstić information content (AvgIpc) is 2.86. The first-order valence-electron chi connectivity index (χ1n) is 10.8. The lowest BCUT2D eigenvalue weighted by Crippen LogP contribution is -2.50. The van der Waals surface area contributed by atoms with Crippen molar-refractivity contribution in [1.29, 1.82) is 0 Å². The molecule has 7 nitrogen and oxygen atoms in total. The van der Waals surface area contributed by atoms with Crippen molar-refractivity contribution >= 4 is 62.3 Å². The van der Waals surface area contributed by atoms with Crippen LogP contribution in [0.3, 0.4) is 0 Å². The highest BCUT2D eigenvalue weighted by Gasteiger charge is 2.32. The second kappa shape index (κ2) is 12.0. The Labute approximate surface area is 225 Å². The van der Waals surface area contributed by atoms with E-state index < -0.39 is 34.4 Å². The quantitative estimate of drug-likeness (QED) is 0.393. The van der Waals surface area contributed by atoms with E-state index in [9.17, 15) is 18.0 Å². The largest absolute Gasteiger partial charge is 0.357 e. The molecule has 1 atom stereocenters. The standard InChI is InChI=1S/C25H24Cl3N3O4S/c1-17(25(33)29-2)30(15-18-8-9-20(27)14-23(18)28)24(32)16-31(21-6-4-3-5-7-21)36(34,35)22-12-10-19(26)11-13-22/h3-14,17H,15-16H2,1-2H3,(H,29,33)/t17-/m0/s1. The number of carbonyl (C=O) groups is 2. The second-order valence-corrected chi connectivity index (χ2v) is 11.0. The van der Waals surface area contributed by atoms with Gasteiger partial charge in [-0.3, -0.25) is 13.9 Å². The highest BCUT2D eigenvalue weighted by atomic mass is 35.5. The Hall–Kier alpha value is -2.78. The third-order valence-electron chi connectivity index (χ3n) is 5.49. The zero-order valence-corrected chi connectivity index (χ0v) is 22.6. The molecule has 0 fully saturated rings. The van der Waals surface area contributed by atoms with E-state index in [2.05, 4.69) is 5.32 Å². The molecule has 11 heteroatoms. The van der Waals surface area contributed by atoms with E-state index in [0.717, 1.165) is 4.31 Å². The number of para-hydroxylation sites is 1. The summed E-state index contributed by atoms with van der Waals surface area (Å²) in [5.41, 5.74) is 0.842. The van der Waals surface area contributed by atoms with E-state index in [1.807, 2.05) is 0 Å². The molecule has 0 aromatic heterocycles. The van der Waals surface area contributed by atoms with E-state index in [1.165, 1.54) is 42.3 Å². The van der Waals surface area contributed by atoms with Crippen LogP contribution in [0.4, 0.5) is 5.69 Å². The molecule has 2 amide bonds.